The molecule has 13 aromatic rings. The van der Waals surface area contributed by atoms with E-state index in [9.17, 15) is 0 Å². The molecule has 0 bridgehead atoms. The van der Waals surface area contributed by atoms with Crippen molar-refractivity contribution in [3.8, 4) is 33.6 Å². The zero-order chi connectivity index (χ0) is 37.2. The lowest BCUT2D eigenvalue weighted by molar-refractivity contribution is 0.669. The number of fused-ring (bicyclic) bond motifs is 9. The topological polar surface area (TPSA) is 23.0 Å². The van der Waals surface area contributed by atoms with Gasteiger partial charge in [-0.2, -0.15) is 0 Å². The lowest BCUT2D eigenvalue weighted by Crippen LogP contribution is -1.96. The molecule has 0 radical (unpaired) electrons. The minimum atomic E-state index is 0.916. The maximum absolute atomic E-state index is 6.59. The maximum atomic E-state index is 6.59. The van der Waals surface area contributed by atoms with Gasteiger partial charge in [-0.25, -0.2) is 0 Å². The van der Waals surface area contributed by atoms with Crippen molar-refractivity contribution in [3.63, 3.8) is 0 Å². The number of hydrogen-bond donors (Lipinski definition) is 0. The molecule has 0 saturated heterocycles. The first kappa shape index (κ1) is 30.7. The molecule has 0 amide bonds. The van der Waals surface area contributed by atoms with Gasteiger partial charge in [0.25, 0.3) is 0 Å². The summed E-state index contributed by atoms with van der Waals surface area (Å²) >= 11 is 0. The average molecular weight is 725 g/mol. The highest BCUT2D eigenvalue weighted by Crippen LogP contribution is 2.47. The van der Waals surface area contributed by atoms with Crippen molar-refractivity contribution in [1.29, 1.82) is 0 Å². The fourth-order valence-corrected chi connectivity index (χ4v) is 9.80. The van der Waals surface area contributed by atoms with Crippen LogP contribution in [0.15, 0.2) is 199 Å². The number of aromatic nitrogens is 2. The first-order chi connectivity index (χ1) is 28.3. The van der Waals surface area contributed by atoms with E-state index in [1.165, 1.54) is 104 Å². The summed E-state index contributed by atoms with van der Waals surface area (Å²) in [5.41, 5.74) is 13.7. The van der Waals surface area contributed by atoms with Gasteiger partial charge in [-0.1, -0.05) is 121 Å². The van der Waals surface area contributed by atoms with Crippen molar-refractivity contribution in [3.05, 3.63) is 194 Å². The number of para-hydroxylation sites is 3. The molecule has 10 aromatic carbocycles. The Bertz CT molecular complexity index is 3730. The Hall–Kier alpha value is -7.62. The quantitative estimate of drug-likeness (QED) is 0.166. The van der Waals surface area contributed by atoms with Gasteiger partial charge < -0.3 is 13.6 Å². The van der Waals surface area contributed by atoms with Gasteiger partial charge >= 0.3 is 0 Å². The van der Waals surface area contributed by atoms with Gasteiger partial charge in [0.2, 0.25) is 0 Å². The SMILES string of the molecule is c1ccc(-c2ccc3c(c2)c2c(-n4c5ccccc5c5cc(-c6ccc7c(c6)c6ccccc6n7-c6ccccc6)ccc54)ccc4oc5cccc3c5c42)cc1. The summed E-state index contributed by atoms with van der Waals surface area (Å²) in [5, 5.41) is 12.2. The standard InChI is InChI=1S/C54H32N2O/c1-3-12-33(13-4-1)34-22-25-38-41-18-11-21-50-53(41)54-51(57-50)29-28-49(52(54)44(38)32-34)56-46-20-10-8-17-40(46)43-31-36(24-27-48(43)56)35-23-26-47-42(30-35)39-16-7-9-19-45(39)55(47)37-14-5-2-6-15-37/h1-32H. The number of furan rings is 1. The molecule has 0 fully saturated rings. The molecule has 0 aliphatic carbocycles. The Labute approximate surface area is 327 Å². The van der Waals surface area contributed by atoms with Gasteiger partial charge in [0.1, 0.15) is 11.2 Å². The van der Waals surface area contributed by atoms with Crippen molar-refractivity contribution in [2.24, 2.45) is 0 Å². The second-order valence-corrected chi connectivity index (χ2v) is 15.2. The Morgan fingerprint density at radius 2 is 0.825 bits per heavy atom. The van der Waals surface area contributed by atoms with E-state index in [1.54, 1.807) is 0 Å². The highest BCUT2D eigenvalue weighted by molar-refractivity contribution is 6.35. The smallest absolute Gasteiger partial charge is 0.136 e. The third kappa shape index (κ3) is 4.26. The Kier molecular flexibility index (Phi) is 6.16. The monoisotopic (exact) mass is 724 g/mol. The van der Waals surface area contributed by atoms with E-state index in [-0.39, 0.29) is 0 Å². The molecule has 0 saturated carbocycles. The molecule has 0 aliphatic heterocycles. The molecule has 0 aliphatic rings. The average Bonchev–Trinajstić information content (AvgIpc) is 3.94. The molecule has 0 unspecified atom stereocenters. The van der Waals surface area contributed by atoms with E-state index < -0.39 is 0 Å². The zero-order valence-electron chi connectivity index (χ0n) is 30.8. The summed E-state index contributed by atoms with van der Waals surface area (Å²) in [4.78, 5) is 0. The predicted octanol–water partition coefficient (Wildman–Crippen LogP) is 14.9. The molecular weight excluding hydrogens is 693 g/mol. The Morgan fingerprint density at radius 3 is 1.56 bits per heavy atom. The second kappa shape index (κ2) is 11.5. The van der Waals surface area contributed by atoms with Crippen LogP contribution in [-0.2, 0) is 0 Å². The third-order valence-electron chi connectivity index (χ3n) is 12.3. The Balaban J connectivity index is 1.07. The van der Waals surface area contributed by atoms with Crippen molar-refractivity contribution >= 4 is 87.1 Å². The minimum absolute atomic E-state index is 0.916. The van der Waals surface area contributed by atoms with Crippen molar-refractivity contribution in [2.75, 3.05) is 0 Å². The molecule has 0 atom stereocenters. The molecule has 3 heteroatoms. The third-order valence-corrected chi connectivity index (χ3v) is 12.3. The molecule has 57 heavy (non-hydrogen) atoms. The van der Waals surface area contributed by atoms with Crippen LogP contribution in [-0.4, -0.2) is 9.13 Å². The van der Waals surface area contributed by atoms with Crippen LogP contribution < -0.4 is 0 Å². The van der Waals surface area contributed by atoms with Gasteiger partial charge in [-0.15, -0.1) is 0 Å². The van der Waals surface area contributed by atoms with Gasteiger partial charge in [0.15, 0.2) is 0 Å². The van der Waals surface area contributed by atoms with Crippen LogP contribution in [0.2, 0.25) is 0 Å². The molecular formula is C54H32N2O. The molecule has 3 nitrogen and oxygen atoms in total. The second-order valence-electron chi connectivity index (χ2n) is 15.2. The van der Waals surface area contributed by atoms with Gasteiger partial charge in [-0.05, 0) is 111 Å². The van der Waals surface area contributed by atoms with Crippen LogP contribution in [0.5, 0.6) is 0 Å². The predicted molar refractivity (Wildman–Crippen MR) is 239 cm³/mol. The van der Waals surface area contributed by atoms with Crippen LogP contribution in [0.4, 0.5) is 0 Å². The van der Waals surface area contributed by atoms with Crippen LogP contribution in [0.25, 0.3) is 121 Å². The maximum Gasteiger partial charge on any atom is 0.136 e. The van der Waals surface area contributed by atoms with Crippen molar-refractivity contribution < 1.29 is 4.42 Å². The summed E-state index contributed by atoms with van der Waals surface area (Å²) in [5.74, 6) is 0. The highest BCUT2D eigenvalue weighted by Gasteiger charge is 2.23. The van der Waals surface area contributed by atoms with Gasteiger partial charge in [0, 0.05) is 43.4 Å². The number of rotatable bonds is 4. The van der Waals surface area contributed by atoms with Crippen LogP contribution >= 0.6 is 0 Å². The summed E-state index contributed by atoms with van der Waals surface area (Å²) < 4.78 is 11.4. The van der Waals surface area contributed by atoms with Crippen molar-refractivity contribution in [2.45, 2.75) is 0 Å². The summed E-state index contributed by atoms with van der Waals surface area (Å²) in [6, 6.07) is 70.7. The zero-order valence-corrected chi connectivity index (χ0v) is 30.8. The molecule has 3 aromatic heterocycles. The Morgan fingerprint density at radius 1 is 0.281 bits per heavy atom. The molecule has 264 valence electrons. The summed E-state index contributed by atoms with van der Waals surface area (Å²) in [7, 11) is 0. The van der Waals surface area contributed by atoms with Gasteiger partial charge in [0.05, 0.1) is 27.8 Å². The van der Waals surface area contributed by atoms with Crippen LogP contribution in [0.1, 0.15) is 0 Å². The van der Waals surface area contributed by atoms with E-state index in [0.29, 0.717) is 0 Å². The lowest BCUT2D eigenvalue weighted by Gasteiger charge is -2.16. The largest absolute Gasteiger partial charge is 0.456 e. The van der Waals surface area contributed by atoms with Crippen LogP contribution in [0.3, 0.4) is 0 Å². The minimum Gasteiger partial charge on any atom is -0.456 e. The van der Waals surface area contributed by atoms with E-state index in [0.717, 1.165) is 16.9 Å². The van der Waals surface area contributed by atoms with Gasteiger partial charge in [-0.3, -0.25) is 0 Å². The van der Waals surface area contributed by atoms with Crippen molar-refractivity contribution in [1.82, 2.24) is 9.13 Å². The number of hydrogen-bond acceptors (Lipinski definition) is 1. The van der Waals surface area contributed by atoms with E-state index in [1.807, 2.05) is 0 Å². The summed E-state index contributed by atoms with van der Waals surface area (Å²) in [6.45, 7) is 0. The van der Waals surface area contributed by atoms with E-state index in [2.05, 4.69) is 203 Å². The van der Waals surface area contributed by atoms with Crippen LogP contribution in [0, 0.1) is 0 Å². The molecule has 0 spiro atoms. The fourth-order valence-electron chi connectivity index (χ4n) is 9.80. The fraction of sp³-hybridized carbons (Fsp3) is 0. The van der Waals surface area contributed by atoms with E-state index in [4.69, 9.17) is 4.42 Å². The summed E-state index contributed by atoms with van der Waals surface area (Å²) in [6.07, 6.45) is 0. The molecule has 3 heterocycles. The first-order valence-corrected chi connectivity index (χ1v) is 19.6. The number of benzene rings is 10. The van der Waals surface area contributed by atoms with E-state index >= 15 is 0 Å². The highest BCUT2D eigenvalue weighted by atomic mass is 16.3. The first-order valence-electron chi connectivity index (χ1n) is 19.6. The number of nitrogens with zero attached hydrogens (tertiary/aromatic N) is 2. The molecule has 13 rings (SSSR count). The molecule has 0 N–H and O–H groups in total. The lowest BCUT2D eigenvalue weighted by atomic mass is 9.91. The normalized spacial score (nSPS) is 12.2.